The van der Waals surface area contributed by atoms with E-state index in [1.165, 1.54) is 43.6 Å². The summed E-state index contributed by atoms with van der Waals surface area (Å²) < 4.78 is 0. The summed E-state index contributed by atoms with van der Waals surface area (Å²) in [5.41, 5.74) is 6.31. The fourth-order valence-electron chi connectivity index (χ4n) is 3.14. The van der Waals surface area contributed by atoms with Gasteiger partial charge in [-0.1, -0.05) is 12.1 Å². The maximum Gasteiger partial charge on any atom is 0.0366 e. The molecule has 2 aliphatic rings. The lowest BCUT2D eigenvalue weighted by molar-refractivity contribution is 0.102. The van der Waals surface area contributed by atoms with Gasteiger partial charge in [0.1, 0.15) is 0 Å². The van der Waals surface area contributed by atoms with Crippen molar-refractivity contribution >= 4 is 5.69 Å². The molecule has 0 atom stereocenters. The van der Waals surface area contributed by atoms with Crippen molar-refractivity contribution in [1.82, 2.24) is 15.3 Å². The third-order valence-electron chi connectivity index (χ3n) is 4.67. The van der Waals surface area contributed by atoms with Gasteiger partial charge in [-0.05, 0) is 44.0 Å². The molecule has 2 saturated heterocycles. The molecule has 0 aromatic heterocycles. The molecule has 116 valence electrons. The number of hydrogen-bond acceptors (Lipinski definition) is 4. The minimum atomic E-state index is 0.935. The summed E-state index contributed by atoms with van der Waals surface area (Å²) in [6, 6.07) is 9.11. The van der Waals surface area contributed by atoms with E-state index in [1.807, 2.05) is 0 Å². The van der Waals surface area contributed by atoms with Crippen molar-refractivity contribution in [3.63, 3.8) is 0 Å². The van der Waals surface area contributed by atoms with E-state index >= 15 is 0 Å². The number of rotatable bonds is 4. The number of nitrogens with one attached hydrogen (secondary N) is 1. The molecular formula is C17H28N4. The van der Waals surface area contributed by atoms with Gasteiger partial charge in [0.2, 0.25) is 0 Å². The monoisotopic (exact) mass is 288 g/mol. The van der Waals surface area contributed by atoms with Gasteiger partial charge in [-0.3, -0.25) is 5.43 Å². The highest BCUT2D eigenvalue weighted by Gasteiger charge is 2.13. The van der Waals surface area contributed by atoms with E-state index in [9.17, 15) is 0 Å². The average molecular weight is 288 g/mol. The molecule has 2 aliphatic heterocycles. The molecular weight excluding hydrogens is 260 g/mol. The van der Waals surface area contributed by atoms with Crippen LogP contribution in [0.4, 0.5) is 5.69 Å². The van der Waals surface area contributed by atoms with E-state index in [-0.39, 0.29) is 0 Å². The SMILES string of the molecule is CN1CCN(NCc2ccc(N3CCCCC3)cc2)CC1. The Bertz CT molecular complexity index is 417. The number of piperidine rings is 1. The van der Waals surface area contributed by atoms with Crippen LogP contribution in [0.2, 0.25) is 0 Å². The van der Waals surface area contributed by atoms with Crippen molar-refractivity contribution in [3.8, 4) is 0 Å². The molecule has 1 N–H and O–H groups in total. The molecule has 0 amide bonds. The average Bonchev–Trinajstić information content (AvgIpc) is 2.56. The van der Waals surface area contributed by atoms with Crippen LogP contribution in [-0.2, 0) is 6.54 Å². The molecule has 0 aliphatic carbocycles. The third kappa shape index (κ3) is 4.19. The molecule has 0 spiro atoms. The molecule has 0 radical (unpaired) electrons. The quantitative estimate of drug-likeness (QED) is 0.914. The van der Waals surface area contributed by atoms with Crippen LogP contribution in [-0.4, -0.2) is 56.2 Å². The fraction of sp³-hybridized carbons (Fsp3) is 0.647. The Morgan fingerprint density at radius 2 is 1.52 bits per heavy atom. The molecule has 1 aromatic carbocycles. The zero-order valence-corrected chi connectivity index (χ0v) is 13.2. The highest BCUT2D eigenvalue weighted by Crippen LogP contribution is 2.20. The van der Waals surface area contributed by atoms with Crippen LogP contribution >= 0.6 is 0 Å². The molecule has 0 unspecified atom stereocenters. The first-order valence-corrected chi connectivity index (χ1v) is 8.32. The van der Waals surface area contributed by atoms with Gasteiger partial charge in [-0.25, -0.2) is 5.01 Å². The van der Waals surface area contributed by atoms with E-state index < -0.39 is 0 Å². The molecule has 0 saturated carbocycles. The lowest BCUT2D eigenvalue weighted by atomic mass is 10.1. The molecule has 4 nitrogen and oxygen atoms in total. The van der Waals surface area contributed by atoms with Crippen molar-refractivity contribution in [3.05, 3.63) is 29.8 Å². The maximum absolute atomic E-state index is 3.55. The van der Waals surface area contributed by atoms with E-state index in [0.717, 1.165) is 32.7 Å². The molecule has 2 fully saturated rings. The Balaban J connectivity index is 1.48. The van der Waals surface area contributed by atoms with E-state index in [0.29, 0.717) is 0 Å². The predicted octanol–water partition coefficient (Wildman–Crippen LogP) is 1.93. The number of likely N-dealkylation sites (N-methyl/N-ethyl adjacent to an activating group) is 1. The smallest absolute Gasteiger partial charge is 0.0366 e. The molecule has 1 aromatic rings. The lowest BCUT2D eigenvalue weighted by Crippen LogP contribution is -2.50. The van der Waals surface area contributed by atoms with Crippen molar-refractivity contribution in [2.24, 2.45) is 0 Å². The second-order valence-corrected chi connectivity index (χ2v) is 6.34. The summed E-state index contributed by atoms with van der Waals surface area (Å²) >= 11 is 0. The summed E-state index contributed by atoms with van der Waals surface area (Å²) in [5.74, 6) is 0. The maximum atomic E-state index is 3.55. The predicted molar refractivity (Wildman–Crippen MR) is 88.4 cm³/mol. The highest BCUT2D eigenvalue weighted by atomic mass is 15.5. The van der Waals surface area contributed by atoms with Gasteiger partial charge >= 0.3 is 0 Å². The zero-order chi connectivity index (χ0) is 14.5. The molecule has 3 rings (SSSR count). The standard InChI is InChI=1S/C17H28N4/c1-19-11-13-21(14-12-19)18-15-16-5-7-17(8-6-16)20-9-3-2-4-10-20/h5-8,18H,2-4,9-15H2,1H3. The first-order valence-electron chi connectivity index (χ1n) is 8.32. The van der Waals surface area contributed by atoms with E-state index in [1.54, 1.807) is 0 Å². The summed E-state index contributed by atoms with van der Waals surface area (Å²) in [4.78, 5) is 4.90. The second-order valence-electron chi connectivity index (χ2n) is 6.34. The minimum absolute atomic E-state index is 0.935. The van der Waals surface area contributed by atoms with Gasteiger partial charge in [-0.2, -0.15) is 0 Å². The topological polar surface area (TPSA) is 21.8 Å². The number of hydrazine groups is 1. The van der Waals surface area contributed by atoms with E-state index in [4.69, 9.17) is 0 Å². The number of nitrogens with zero attached hydrogens (tertiary/aromatic N) is 3. The first kappa shape index (κ1) is 14.8. The van der Waals surface area contributed by atoms with Crippen LogP contribution in [0.15, 0.2) is 24.3 Å². The molecule has 4 heteroatoms. The number of hydrogen-bond donors (Lipinski definition) is 1. The number of anilines is 1. The summed E-state index contributed by atoms with van der Waals surface area (Å²) in [6.07, 6.45) is 4.07. The van der Waals surface area contributed by atoms with Crippen LogP contribution < -0.4 is 10.3 Å². The summed E-state index contributed by atoms with van der Waals surface area (Å²) in [6.45, 7) is 7.91. The lowest BCUT2D eigenvalue weighted by Gasteiger charge is -2.32. The van der Waals surface area contributed by atoms with Gasteiger partial charge in [0.15, 0.2) is 0 Å². The largest absolute Gasteiger partial charge is 0.372 e. The van der Waals surface area contributed by atoms with E-state index in [2.05, 4.69) is 51.5 Å². The van der Waals surface area contributed by atoms with Gasteiger partial charge in [-0.15, -0.1) is 0 Å². The Hall–Kier alpha value is -1.10. The Morgan fingerprint density at radius 1 is 0.857 bits per heavy atom. The van der Waals surface area contributed by atoms with Crippen LogP contribution in [0.3, 0.4) is 0 Å². The number of benzene rings is 1. The first-order chi connectivity index (χ1) is 10.3. The fourth-order valence-corrected chi connectivity index (χ4v) is 3.14. The van der Waals surface area contributed by atoms with Gasteiger partial charge in [0.25, 0.3) is 0 Å². The van der Waals surface area contributed by atoms with Crippen LogP contribution in [0, 0.1) is 0 Å². The summed E-state index contributed by atoms with van der Waals surface area (Å²) in [5, 5.41) is 2.35. The third-order valence-corrected chi connectivity index (χ3v) is 4.67. The van der Waals surface area contributed by atoms with Crippen molar-refractivity contribution < 1.29 is 0 Å². The molecule has 21 heavy (non-hydrogen) atoms. The zero-order valence-electron chi connectivity index (χ0n) is 13.2. The van der Waals surface area contributed by atoms with Crippen molar-refractivity contribution in [2.45, 2.75) is 25.8 Å². The second kappa shape index (κ2) is 7.25. The van der Waals surface area contributed by atoms with Crippen LogP contribution in [0.5, 0.6) is 0 Å². The van der Waals surface area contributed by atoms with Gasteiger partial charge in [0.05, 0.1) is 0 Å². The van der Waals surface area contributed by atoms with Crippen LogP contribution in [0.1, 0.15) is 24.8 Å². The Morgan fingerprint density at radius 3 is 2.19 bits per heavy atom. The summed E-state index contributed by atoms with van der Waals surface area (Å²) in [7, 11) is 2.19. The Labute approximate surface area is 128 Å². The normalized spacial score (nSPS) is 21.7. The Kier molecular flexibility index (Phi) is 5.12. The van der Waals surface area contributed by atoms with Gasteiger partial charge < -0.3 is 9.80 Å². The van der Waals surface area contributed by atoms with Gasteiger partial charge in [0, 0.05) is 51.5 Å². The van der Waals surface area contributed by atoms with Crippen LogP contribution in [0.25, 0.3) is 0 Å². The van der Waals surface area contributed by atoms with Crippen molar-refractivity contribution in [2.75, 3.05) is 51.2 Å². The molecule has 0 bridgehead atoms. The molecule has 2 heterocycles. The minimum Gasteiger partial charge on any atom is -0.372 e. The van der Waals surface area contributed by atoms with Crippen molar-refractivity contribution in [1.29, 1.82) is 0 Å². The highest BCUT2D eigenvalue weighted by molar-refractivity contribution is 5.47. The number of piperazine rings is 1.